The van der Waals surface area contributed by atoms with Gasteiger partial charge in [-0.25, -0.2) is 74.8 Å². The second kappa shape index (κ2) is 36.3. The quantitative estimate of drug-likeness (QED) is 0.0531. The van der Waals surface area contributed by atoms with Crippen LogP contribution in [0.25, 0.3) is 110 Å². The molecule has 7 aromatic carbocycles. The number of aldehydes is 1. The average Bonchev–Trinajstić information content (AvgIpc) is 1.65. The summed E-state index contributed by atoms with van der Waals surface area (Å²) in [6.45, 7) is 12.1. The van der Waals surface area contributed by atoms with Crippen molar-refractivity contribution in [1.82, 2.24) is 88.5 Å². The Morgan fingerprint density at radius 3 is 1.13 bits per heavy atom. The molecule has 5 unspecified atom stereocenters. The highest BCUT2D eigenvalue weighted by molar-refractivity contribution is 9.09. The summed E-state index contributed by atoms with van der Waals surface area (Å²) in [5.41, 5.74) is 34.6. The van der Waals surface area contributed by atoms with Crippen LogP contribution in [-0.2, 0) is 0 Å². The standard InChI is InChI=1S/C22H18N6.C20H21N7.C16H13ClN6.C11H9BrClN.C11H10ClNO.C10H6ClNO/c1-14(28-13-26-20-21(23)24-12-25-22(20)28)17-11-16-9-5-6-10-18(16)27-19(17)15-7-3-2-4-8-15;1-13(27-12-24-17-18(21)22-11-23-20(17)27)15-10-14-6-2-3-7-16(14)25-19(15)26-8-4-5-9-26;1-9(23-8-21-13-15(18)19-7-20-16(13)23)11-6-10-4-2-3-5-12(10)22-14(11)17;1-7(12)9-6-8-4-2-3-5-10(8)14-11(9)13;1-7(14)9-6-8-4-2-3-5-10(8)13-11(9)12;11-10-8(6-13)5-7-3-1-2-4-9(7)12-10/h2-14H,1H3,(H2,23,24,25);2-3,6-7,10-13H,4-5,8-9H2,1H3,(H2,21,22,23);2-9H,1H3,(H2,18,19,20);2-7H,1H3;2-7,14H,1H3;1-6H. The number of para-hydroxylation sites is 6. The summed E-state index contributed by atoms with van der Waals surface area (Å²) in [6, 6.07) is 69.8. The molecule has 1 aliphatic heterocycles. The van der Waals surface area contributed by atoms with Crippen LogP contribution in [0.5, 0.6) is 0 Å². The van der Waals surface area contributed by atoms with Crippen LogP contribution < -0.4 is 22.1 Å². The maximum atomic E-state index is 10.5. The number of aliphatic hydroxyl groups is 1. The minimum atomic E-state index is -0.584. The van der Waals surface area contributed by atoms with E-state index in [1.807, 2.05) is 175 Å². The van der Waals surface area contributed by atoms with Crippen LogP contribution in [0, 0.1) is 0 Å². The van der Waals surface area contributed by atoms with Gasteiger partial charge in [-0.05, 0) is 120 Å². The monoisotopic (exact) mass is 1720 g/mol. The average molecular weight is 1720 g/mol. The molecule has 1 saturated heterocycles. The van der Waals surface area contributed by atoms with E-state index < -0.39 is 6.10 Å². The smallest absolute Gasteiger partial charge is 0.165 e. The van der Waals surface area contributed by atoms with Crippen molar-refractivity contribution in [2.45, 2.75) is 76.5 Å². The molecule has 1 fully saturated rings. The van der Waals surface area contributed by atoms with Crippen LogP contribution in [0.3, 0.4) is 0 Å². The number of pyridine rings is 6. The molecule has 594 valence electrons. The highest BCUT2D eigenvalue weighted by Gasteiger charge is 2.26. The van der Waals surface area contributed by atoms with Gasteiger partial charge in [0.2, 0.25) is 0 Å². The van der Waals surface area contributed by atoms with Gasteiger partial charge >= 0.3 is 0 Å². The Hall–Kier alpha value is -12.9. The molecule has 20 rings (SSSR count). The number of rotatable bonds is 11. The number of carbonyl (C=O) groups is 1. The van der Waals surface area contributed by atoms with E-state index in [0.717, 1.165) is 118 Å². The Balaban J connectivity index is 0.000000114. The number of nitrogens with two attached hydrogens (primary N) is 3. The lowest BCUT2D eigenvalue weighted by atomic mass is 9.98. The van der Waals surface area contributed by atoms with Gasteiger partial charge in [0.05, 0.1) is 87.6 Å². The Morgan fingerprint density at radius 1 is 0.378 bits per heavy atom. The normalized spacial score (nSPS) is 13.2. The molecule has 119 heavy (non-hydrogen) atoms. The van der Waals surface area contributed by atoms with Crippen molar-refractivity contribution in [1.29, 1.82) is 0 Å². The molecule has 13 heterocycles. The summed E-state index contributed by atoms with van der Waals surface area (Å²) in [5, 5.41) is 17.4. The van der Waals surface area contributed by atoms with E-state index in [1.54, 1.807) is 32.0 Å². The number of hydrogen-bond acceptors (Lipinski definition) is 21. The number of carbonyl (C=O) groups excluding carboxylic acids is 1. The third-order valence-corrected chi connectivity index (χ3v) is 22.2. The number of aliphatic hydroxyl groups excluding tert-OH is 1. The molecule has 0 amide bonds. The molecule has 24 nitrogen and oxygen atoms in total. The van der Waals surface area contributed by atoms with Gasteiger partial charge in [-0.2, -0.15) is 0 Å². The number of hydrogen-bond donors (Lipinski definition) is 4. The predicted molar refractivity (Wildman–Crippen MR) is 481 cm³/mol. The fourth-order valence-electron chi connectivity index (χ4n) is 14.2. The number of anilines is 4. The molecule has 1 aliphatic rings. The van der Waals surface area contributed by atoms with Crippen LogP contribution in [0.1, 0.15) is 115 Å². The van der Waals surface area contributed by atoms with E-state index in [-0.39, 0.29) is 28.1 Å². The number of alkyl halides is 1. The van der Waals surface area contributed by atoms with Gasteiger partial charge in [0, 0.05) is 83.6 Å². The highest BCUT2D eigenvalue weighted by atomic mass is 79.9. The Labute approximate surface area is 711 Å². The van der Waals surface area contributed by atoms with Crippen molar-refractivity contribution < 1.29 is 9.90 Å². The minimum Gasteiger partial charge on any atom is -0.389 e. The van der Waals surface area contributed by atoms with Crippen molar-refractivity contribution >= 4 is 191 Å². The Kier molecular flexibility index (Phi) is 24.8. The minimum absolute atomic E-state index is 0.0250. The molecule has 0 radical (unpaired) electrons. The molecular weight excluding hydrogens is 1640 g/mol. The van der Waals surface area contributed by atoms with Gasteiger partial charge in [-0.1, -0.05) is 202 Å². The first-order valence-corrected chi connectivity index (χ1v) is 40.6. The molecule has 5 atom stereocenters. The Morgan fingerprint density at radius 2 is 0.706 bits per heavy atom. The van der Waals surface area contributed by atoms with Crippen LogP contribution >= 0.6 is 62.3 Å². The number of fused-ring (bicyclic) bond motifs is 9. The predicted octanol–water partition coefficient (Wildman–Crippen LogP) is 20.6. The van der Waals surface area contributed by atoms with Crippen LogP contribution in [0.4, 0.5) is 23.3 Å². The number of nitrogens with zero attached hydrogens (tertiary/aromatic N) is 19. The molecule has 0 saturated carbocycles. The van der Waals surface area contributed by atoms with E-state index >= 15 is 0 Å². The largest absolute Gasteiger partial charge is 0.389 e. The van der Waals surface area contributed by atoms with Crippen molar-refractivity contribution in [3.8, 4) is 11.3 Å². The molecule has 0 spiro atoms. The fourth-order valence-corrected chi connectivity index (χ4v) is 15.8. The first kappa shape index (κ1) is 81.3. The van der Waals surface area contributed by atoms with Crippen LogP contribution in [-0.4, -0.2) is 113 Å². The topological polar surface area (TPSA) is 327 Å². The zero-order valence-electron chi connectivity index (χ0n) is 64.9. The van der Waals surface area contributed by atoms with Crippen LogP contribution in [0.15, 0.2) is 250 Å². The summed E-state index contributed by atoms with van der Waals surface area (Å²) in [4.78, 5) is 78.6. The van der Waals surface area contributed by atoms with E-state index in [2.05, 4.69) is 159 Å². The fraction of sp³-hybridized carbons (Fsp3) is 0.156. The summed E-state index contributed by atoms with van der Waals surface area (Å²) >= 11 is 27.6. The number of aromatic nitrogens is 18. The SMILES string of the molecule is CC(Br)c1cc2ccccc2nc1Cl.CC(O)c1cc2ccccc2nc1Cl.CC(c1cc2ccccc2nc1-c1ccccc1)n1cnc2c(N)ncnc21.CC(c1cc2ccccc2nc1Cl)n1cnc2c(N)ncnc21.CC(c1cc2ccccc2nc1N1CCCC1)n1cnc2c(N)ncnc21.O=Cc1cc2ccccc2nc1Cl. The van der Waals surface area contributed by atoms with Gasteiger partial charge in [0.25, 0.3) is 0 Å². The van der Waals surface area contributed by atoms with Crippen LogP contribution in [0.2, 0.25) is 20.6 Å². The van der Waals surface area contributed by atoms with E-state index in [4.69, 9.17) is 73.6 Å². The van der Waals surface area contributed by atoms with Gasteiger partial charge in [0.15, 0.2) is 40.7 Å². The van der Waals surface area contributed by atoms with Crippen molar-refractivity contribution in [2.24, 2.45) is 0 Å². The lowest BCUT2D eigenvalue weighted by Gasteiger charge is -2.24. The molecule has 0 aliphatic carbocycles. The zero-order valence-corrected chi connectivity index (χ0v) is 69.5. The van der Waals surface area contributed by atoms with Gasteiger partial charge in [-0.15, -0.1) is 0 Å². The zero-order chi connectivity index (χ0) is 83.0. The van der Waals surface area contributed by atoms with E-state index in [0.29, 0.717) is 78.2 Å². The molecule has 12 aromatic heterocycles. The number of imidazole rings is 3. The highest BCUT2D eigenvalue weighted by Crippen LogP contribution is 2.38. The summed E-state index contributed by atoms with van der Waals surface area (Å²) in [5.74, 6) is 2.21. The van der Waals surface area contributed by atoms with Gasteiger partial charge < -0.3 is 40.9 Å². The Bertz CT molecular complexity index is 6820. The summed E-state index contributed by atoms with van der Waals surface area (Å²) < 4.78 is 6.00. The van der Waals surface area contributed by atoms with E-state index in [1.165, 1.54) is 37.4 Å². The summed E-state index contributed by atoms with van der Waals surface area (Å²) in [6.07, 6.45) is 12.2. The third kappa shape index (κ3) is 17.7. The van der Waals surface area contributed by atoms with Crippen molar-refractivity contribution in [3.63, 3.8) is 0 Å². The van der Waals surface area contributed by atoms with E-state index in [9.17, 15) is 9.90 Å². The third-order valence-electron chi connectivity index (χ3n) is 20.5. The second-order valence-corrected chi connectivity index (χ2v) is 31.0. The summed E-state index contributed by atoms with van der Waals surface area (Å²) in [7, 11) is 0. The first-order chi connectivity index (χ1) is 57.8. The van der Waals surface area contributed by atoms with Gasteiger partial charge in [0.1, 0.15) is 62.0 Å². The molecule has 0 bridgehead atoms. The first-order valence-electron chi connectivity index (χ1n) is 38.1. The maximum absolute atomic E-state index is 10.5. The number of nitrogen functional groups attached to an aromatic ring is 3. The lowest BCUT2D eigenvalue weighted by molar-refractivity contribution is 0.112. The molecule has 7 N–H and O–H groups in total. The van der Waals surface area contributed by atoms with Crippen molar-refractivity contribution in [3.05, 3.63) is 304 Å². The van der Waals surface area contributed by atoms with Crippen molar-refractivity contribution in [2.75, 3.05) is 35.2 Å². The lowest BCUT2D eigenvalue weighted by Crippen LogP contribution is -2.22. The molecular formula is C90H77BrCl4N22O2. The maximum Gasteiger partial charge on any atom is 0.165 e. The molecule has 29 heteroatoms. The second-order valence-electron chi connectivity index (χ2n) is 28.2. The van der Waals surface area contributed by atoms with Gasteiger partial charge in [-0.3, -0.25) is 4.79 Å². The number of halogens is 5. The number of benzene rings is 7. The molecule has 19 aromatic rings.